The van der Waals surface area contributed by atoms with E-state index in [1.165, 1.54) is 12.8 Å². The van der Waals surface area contributed by atoms with E-state index in [1.807, 2.05) is 6.33 Å². The van der Waals surface area contributed by atoms with E-state index in [2.05, 4.69) is 42.4 Å². The van der Waals surface area contributed by atoms with Crippen LogP contribution < -0.4 is 0 Å². The number of rotatable bonds is 4. The van der Waals surface area contributed by atoms with Gasteiger partial charge < -0.3 is 4.57 Å². The monoisotopic (exact) mass is 340 g/mol. The van der Waals surface area contributed by atoms with Gasteiger partial charge in [0.2, 0.25) is 0 Å². The maximum absolute atomic E-state index is 6.21. The highest BCUT2D eigenvalue weighted by molar-refractivity contribution is 9.10. The molecule has 1 saturated carbocycles. The minimum absolute atomic E-state index is 0.483. The van der Waals surface area contributed by atoms with E-state index in [4.69, 9.17) is 11.6 Å². The fraction of sp³-hybridized carbons (Fsp3) is 0.462. The van der Waals surface area contributed by atoms with Gasteiger partial charge in [0.05, 0.1) is 22.7 Å². The van der Waals surface area contributed by atoms with Crippen LogP contribution in [-0.2, 0) is 6.54 Å². The molecular formula is C13H14BrClN4. The first kappa shape index (κ1) is 13.1. The summed E-state index contributed by atoms with van der Waals surface area (Å²) in [4.78, 5) is 13.2. The van der Waals surface area contributed by atoms with Crippen LogP contribution in [0.25, 0.3) is 11.5 Å². The van der Waals surface area contributed by atoms with Gasteiger partial charge in [-0.2, -0.15) is 0 Å². The number of hydrogen-bond acceptors (Lipinski definition) is 3. The molecule has 3 rings (SSSR count). The Kier molecular flexibility index (Phi) is 3.58. The molecule has 2 aromatic heterocycles. The van der Waals surface area contributed by atoms with Gasteiger partial charge in [0.15, 0.2) is 5.82 Å². The fourth-order valence-corrected chi connectivity index (χ4v) is 2.78. The Morgan fingerprint density at radius 2 is 2.21 bits per heavy atom. The first-order valence-corrected chi connectivity index (χ1v) is 7.61. The Hall–Kier alpha value is -0.940. The summed E-state index contributed by atoms with van der Waals surface area (Å²) >= 11 is 9.70. The van der Waals surface area contributed by atoms with Gasteiger partial charge in [0.25, 0.3) is 0 Å². The predicted octanol–water partition coefficient (Wildman–Crippen LogP) is 4.04. The van der Waals surface area contributed by atoms with Crippen LogP contribution in [0.2, 0.25) is 5.15 Å². The predicted molar refractivity (Wildman–Crippen MR) is 78.2 cm³/mol. The maximum Gasteiger partial charge on any atom is 0.179 e. The highest BCUT2D eigenvalue weighted by atomic mass is 79.9. The smallest absolute Gasteiger partial charge is 0.179 e. The van der Waals surface area contributed by atoms with Crippen LogP contribution in [0.15, 0.2) is 17.0 Å². The van der Waals surface area contributed by atoms with Crippen molar-refractivity contribution in [3.05, 3.63) is 27.8 Å². The summed E-state index contributed by atoms with van der Waals surface area (Å²) in [6.45, 7) is 3.04. The summed E-state index contributed by atoms with van der Waals surface area (Å²) in [5.41, 5.74) is 1.96. The third-order valence-corrected chi connectivity index (χ3v) is 4.49. The minimum atomic E-state index is 0.483. The van der Waals surface area contributed by atoms with Crippen molar-refractivity contribution >= 4 is 27.5 Å². The van der Waals surface area contributed by atoms with Crippen molar-refractivity contribution in [2.75, 3.05) is 0 Å². The average molecular weight is 342 g/mol. The summed E-state index contributed by atoms with van der Waals surface area (Å²) in [5.74, 6) is 1.19. The van der Waals surface area contributed by atoms with E-state index in [-0.39, 0.29) is 0 Å². The van der Waals surface area contributed by atoms with Gasteiger partial charge >= 0.3 is 0 Å². The van der Waals surface area contributed by atoms with E-state index in [0.29, 0.717) is 16.9 Å². The molecule has 0 spiro atoms. The molecule has 0 unspecified atom stereocenters. The van der Waals surface area contributed by atoms with E-state index in [1.54, 1.807) is 6.20 Å². The van der Waals surface area contributed by atoms with E-state index >= 15 is 0 Å². The second-order valence-electron chi connectivity index (χ2n) is 4.78. The molecule has 19 heavy (non-hydrogen) atoms. The highest BCUT2D eigenvalue weighted by Gasteiger charge is 2.29. The first-order valence-electron chi connectivity index (χ1n) is 6.44. The molecule has 0 aliphatic heterocycles. The molecule has 1 aliphatic carbocycles. The summed E-state index contributed by atoms with van der Waals surface area (Å²) in [5, 5.41) is 0.483. The molecule has 1 fully saturated rings. The summed E-state index contributed by atoms with van der Waals surface area (Å²) < 4.78 is 2.90. The third kappa shape index (κ3) is 2.54. The number of aromatic nitrogens is 4. The third-order valence-electron chi connectivity index (χ3n) is 3.21. The molecule has 0 amide bonds. The molecule has 2 aromatic rings. The Morgan fingerprint density at radius 1 is 1.42 bits per heavy atom. The number of nitrogens with zero attached hydrogens (tertiary/aromatic N) is 4. The number of halogens is 2. The molecular weight excluding hydrogens is 328 g/mol. The largest absolute Gasteiger partial charge is 0.328 e. The van der Waals surface area contributed by atoms with Gasteiger partial charge in [0.1, 0.15) is 10.8 Å². The zero-order chi connectivity index (χ0) is 13.4. The van der Waals surface area contributed by atoms with Crippen molar-refractivity contribution in [2.24, 2.45) is 0 Å². The summed E-state index contributed by atoms with van der Waals surface area (Å²) in [7, 11) is 0. The van der Waals surface area contributed by atoms with Gasteiger partial charge in [-0.25, -0.2) is 15.0 Å². The molecule has 0 radical (unpaired) electrons. The second kappa shape index (κ2) is 5.21. The Morgan fingerprint density at radius 3 is 2.89 bits per heavy atom. The number of aryl methyl sites for hydroxylation is 1. The lowest BCUT2D eigenvalue weighted by Gasteiger charge is -2.09. The topological polar surface area (TPSA) is 43.6 Å². The van der Waals surface area contributed by atoms with Crippen LogP contribution in [-0.4, -0.2) is 19.5 Å². The van der Waals surface area contributed by atoms with Crippen LogP contribution in [0.3, 0.4) is 0 Å². The van der Waals surface area contributed by atoms with Crippen molar-refractivity contribution in [3.63, 3.8) is 0 Å². The van der Waals surface area contributed by atoms with Crippen LogP contribution in [0.1, 0.15) is 37.8 Å². The fourth-order valence-electron chi connectivity index (χ4n) is 2.10. The van der Waals surface area contributed by atoms with Crippen molar-refractivity contribution in [1.29, 1.82) is 0 Å². The molecule has 0 bridgehead atoms. The Labute approximate surface area is 125 Å². The molecule has 0 saturated heterocycles. The maximum atomic E-state index is 6.21. The normalized spacial score (nSPS) is 14.9. The molecule has 4 nitrogen and oxygen atoms in total. The molecule has 0 N–H and O–H groups in total. The SMILES string of the molecule is CCCn1cncc1-c1nc(Cl)c(Br)c(C2CC2)n1. The van der Waals surface area contributed by atoms with Crippen molar-refractivity contribution in [2.45, 2.75) is 38.6 Å². The lowest BCUT2D eigenvalue weighted by molar-refractivity contribution is 0.681. The van der Waals surface area contributed by atoms with Crippen molar-refractivity contribution in [3.8, 4) is 11.5 Å². The van der Waals surface area contributed by atoms with Gasteiger partial charge in [-0.15, -0.1) is 0 Å². The van der Waals surface area contributed by atoms with Gasteiger partial charge in [-0.05, 0) is 35.2 Å². The minimum Gasteiger partial charge on any atom is -0.328 e. The second-order valence-corrected chi connectivity index (χ2v) is 5.93. The van der Waals surface area contributed by atoms with Gasteiger partial charge in [-0.1, -0.05) is 18.5 Å². The van der Waals surface area contributed by atoms with Crippen LogP contribution >= 0.6 is 27.5 Å². The lowest BCUT2D eigenvalue weighted by Crippen LogP contribution is -2.03. The molecule has 1 aliphatic rings. The standard InChI is InChI=1S/C13H14BrClN4/c1-2-5-19-7-16-6-9(19)13-17-11(8-3-4-8)10(14)12(15)18-13/h6-8H,2-5H2,1H3. The molecule has 100 valence electrons. The summed E-state index contributed by atoms with van der Waals surface area (Å²) in [6, 6.07) is 0. The molecule has 0 atom stereocenters. The van der Waals surface area contributed by atoms with Crippen molar-refractivity contribution in [1.82, 2.24) is 19.5 Å². The highest BCUT2D eigenvalue weighted by Crippen LogP contribution is 2.44. The van der Waals surface area contributed by atoms with Gasteiger partial charge in [-0.3, -0.25) is 0 Å². The molecule has 2 heterocycles. The Balaban J connectivity index is 2.07. The average Bonchev–Trinajstić information content (AvgIpc) is 3.13. The van der Waals surface area contributed by atoms with E-state index in [9.17, 15) is 0 Å². The zero-order valence-corrected chi connectivity index (χ0v) is 12.9. The Bertz CT molecular complexity index is 607. The zero-order valence-electron chi connectivity index (χ0n) is 10.6. The van der Waals surface area contributed by atoms with Crippen LogP contribution in [0.5, 0.6) is 0 Å². The van der Waals surface area contributed by atoms with Crippen LogP contribution in [0, 0.1) is 0 Å². The summed E-state index contributed by atoms with van der Waals surface area (Å²) in [6.07, 6.45) is 7.02. The van der Waals surface area contributed by atoms with E-state index in [0.717, 1.165) is 28.8 Å². The van der Waals surface area contributed by atoms with Crippen molar-refractivity contribution < 1.29 is 0 Å². The first-order chi connectivity index (χ1) is 9.20. The number of imidazole rings is 1. The molecule has 6 heteroatoms. The van der Waals surface area contributed by atoms with Gasteiger partial charge in [0, 0.05) is 12.5 Å². The van der Waals surface area contributed by atoms with E-state index < -0.39 is 0 Å². The van der Waals surface area contributed by atoms with Crippen LogP contribution in [0.4, 0.5) is 0 Å². The molecule has 0 aromatic carbocycles. The quantitative estimate of drug-likeness (QED) is 0.788. The lowest BCUT2D eigenvalue weighted by atomic mass is 10.2. The number of hydrogen-bond donors (Lipinski definition) is 0.